The van der Waals surface area contributed by atoms with Crippen LogP contribution in [-0.2, 0) is 20.7 Å². The van der Waals surface area contributed by atoms with Gasteiger partial charge in [-0.1, -0.05) is 42.5 Å². The van der Waals surface area contributed by atoms with Gasteiger partial charge in [0.2, 0.25) is 0 Å². The summed E-state index contributed by atoms with van der Waals surface area (Å²) < 4.78 is 4.58. The van der Waals surface area contributed by atoms with Crippen LogP contribution in [0.15, 0.2) is 53.6 Å². The minimum atomic E-state index is -0.522. The normalized spacial score (nSPS) is 16.6. The van der Waals surface area contributed by atoms with Crippen LogP contribution in [0.2, 0.25) is 0 Å². The van der Waals surface area contributed by atoms with Gasteiger partial charge >= 0.3 is 11.9 Å². The monoisotopic (exact) mass is 335 g/mol. The van der Waals surface area contributed by atoms with E-state index in [-0.39, 0.29) is 6.42 Å². The number of hydrogen-bond acceptors (Lipinski definition) is 3. The summed E-state index contributed by atoms with van der Waals surface area (Å²) in [6, 6.07) is 10.3. The SMILES string of the molecule is CC(/C=C/Cc1c(C)[nH]c(C)c1-c1ccccc1)=C1CC(=O)OC1=O. The topological polar surface area (TPSA) is 59.2 Å². The number of aryl methyl sites for hydroxylation is 2. The number of H-pyrrole nitrogens is 1. The first-order valence-corrected chi connectivity index (χ1v) is 8.32. The molecule has 1 aromatic carbocycles. The van der Waals surface area contributed by atoms with Crippen molar-refractivity contribution in [3.63, 3.8) is 0 Å². The van der Waals surface area contributed by atoms with Crippen LogP contribution in [-0.4, -0.2) is 16.9 Å². The van der Waals surface area contributed by atoms with Gasteiger partial charge in [0.15, 0.2) is 0 Å². The lowest BCUT2D eigenvalue weighted by atomic mass is 9.98. The van der Waals surface area contributed by atoms with E-state index in [1.165, 1.54) is 16.7 Å². The van der Waals surface area contributed by atoms with Gasteiger partial charge in [0.05, 0.1) is 12.0 Å². The third kappa shape index (κ3) is 3.48. The Labute approximate surface area is 147 Å². The molecule has 0 saturated carbocycles. The van der Waals surface area contributed by atoms with Crippen LogP contribution in [0.1, 0.15) is 30.3 Å². The molecule has 4 heteroatoms. The number of benzene rings is 1. The van der Waals surface area contributed by atoms with E-state index >= 15 is 0 Å². The number of cyclic esters (lactones) is 2. The summed E-state index contributed by atoms with van der Waals surface area (Å²) in [4.78, 5) is 26.2. The van der Waals surface area contributed by atoms with Crippen molar-refractivity contribution in [2.45, 2.75) is 33.6 Å². The van der Waals surface area contributed by atoms with Crippen LogP contribution >= 0.6 is 0 Å². The highest BCUT2D eigenvalue weighted by Crippen LogP contribution is 2.30. The lowest BCUT2D eigenvalue weighted by molar-refractivity contribution is -0.151. The molecule has 128 valence electrons. The Bertz CT molecular complexity index is 885. The highest BCUT2D eigenvalue weighted by molar-refractivity contribution is 6.06. The van der Waals surface area contributed by atoms with E-state index in [9.17, 15) is 9.59 Å². The number of hydrogen-bond donors (Lipinski definition) is 1. The predicted octanol–water partition coefficient (Wildman–Crippen LogP) is 4.19. The molecule has 1 N–H and O–H groups in total. The summed E-state index contributed by atoms with van der Waals surface area (Å²) >= 11 is 0. The molecule has 0 aliphatic carbocycles. The van der Waals surface area contributed by atoms with Crippen LogP contribution < -0.4 is 0 Å². The van der Waals surface area contributed by atoms with Gasteiger partial charge in [-0.3, -0.25) is 4.79 Å². The van der Waals surface area contributed by atoms with Gasteiger partial charge in [-0.2, -0.15) is 0 Å². The maximum Gasteiger partial charge on any atom is 0.342 e. The molecule has 0 spiro atoms. The Morgan fingerprint density at radius 3 is 2.52 bits per heavy atom. The molecule has 2 aromatic rings. The molecular formula is C21H21NO3. The molecule has 0 bridgehead atoms. The summed E-state index contributed by atoms with van der Waals surface area (Å²) in [7, 11) is 0. The van der Waals surface area contributed by atoms with Gasteiger partial charge in [0.1, 0.15) is 0 Å². The first kappa shape index (κ1) is 17.0. The highest BCUT2D eigenvalue weighted by Gasteiger charge is 2.28. The number of carbonyl (C=O) groups is 2. The zero-order valence-corrected chi connectivity index (χ0v) is 14.7. The Morgan fingerprint density at radius 2 is 1.88 bits per heavy atom. The average molecular weight is 335 g/mol. The van der Waals surface area contributed by atoms with Gasteiger partial charge < -0.3 is 9.72 Å². The number of allylic oxidation sites excluding steroid dienone is 3. The molecule has 1 aromatic heterocycles. The molecule has 1 aliphatic rings. The lowest BCUT2D eigenvalue weighted by Crippen LogP contribution is -1.98. The Kier molecular flexibility index (Phi) is 4.70. The van der Waals surface area contributed by atoms with Crippen molar-refractivity contribution in [1.82, 2.24) is 4.98 Å². The molecule has 0 radical (unpaired) electrons. The number of ether oxygens (including phenoxy) is 1. The van der Waals surface area contributed by atoms with Gasteiger partial charge in [0, 0.05) is 17.0 Å². The van der Waals surface area contributed by atoms with Gasteiger partial charge in [-0.05, 0) is 43.9 Å². The summed E-state index contributed by atoms with van der Waals surface area (Å²) in [5.41, 5.74) is 7.17. The molecule has 4 nitrogen and oxygen atoms in total. The zero-order chi connectivity index (χ0) is 18.0. The Morgan fingerprint density at radius 1 is 1.16 bits per heavy atom. The number of aromatic amines is 1. The lowest BCUT2D eigenvalue weighted by Gasteiger charge is -2.05. The molecule has 2 heterocycles. The van der Waals surface area contributed by atoms with Crippen molar-refractivity contribution >= 4 is 11.9 Å². The van der Waals surface area contributed by atoms with Gasteiger partial charge in [0.25, 0.3) is 0 Å². The number of aromatic nitrogens is 1. The van der Waals surface area contributed by atoms with E-state index in [1.807, 2.05) is 37.3 Å². The van der Waals surface area contributed by atoms with E-state index < -0.39 is 11.9 Å². The van der Waals surface area contributed by atoms with Gasteiger partial charge in [-0.25, -0.2) is 4.79 Å². The van der Waals surface area contributed by atoms with Crippen molar-refractivity contribution in [2.75, 3.05) is 0 Å². The smallest absolute Gasteiger partial charge is 0.342 e. The summed E-state index contributed by atoms with van der Waals surface area (Å²) in [6.45, 7) is 5.98. The maximum atomic E-state index is 11.6. The van der Waals surface area contributed by atoms with Crippen molar-refractivity contribution < 1.29 is 14.3 Å². The Balaban J connectivity index is 1.86. The van der Waals surface area contributed by atoms with Crippen LogP contribution in [0.3, 0.4) is 0 Å². The maximum absolute atomic E-state index is 11.6. The van der Waals surface area contributed by atoms with Crippen molar-refractivity contribution in [3.8, 4) is 11.1 Å². The van der Waals surface area contributed by atoms with E-state index in [4.69, 9.17) is 0 Å². The standard InChI is InChI=1S/C21H21NO3/c1-13(18-12-19(23)25-21(18)24)8-7-11-17-14(2)22-15(3)20(17)16-9-5-4-6-10-16/h4-10,22H,11-12H2,1-3H3/b8-7+,18-13?. The molecule has 0 amide bonds. The second-order valence-electron chi connectivity index (χ2n) is 6.30. The number of carbonyl (C=O) groups excluding carboxylic acids is 2. The van der Waals surface area contributed by atoms with Crippen molar-refractivity contribution in [3.05, 3.63) is 70.6 Å². The third-order valence-electron chi connectivity index (χ3n) is 4.51. The molecule has 1 aliphatic heterocycles. The molecule has 1 saturated heterocycles. The summed E-state index contributed by atoms with van der Waals surface area (Å²) in [6.07, 6.45) is 4.73. The number of rotatable bonds is 4. The van der Waals surface area contributed by atoms with Crippen molar-refractivity contribution in [2.24, 2.45) is 0 Å². The van der Waals surface area contributed by atoms with Crippen LogP contribution in [0, 0.1) is 13.8 Å². The zero-order valence-electron chi connectivity index (χ0n) is 14.7. The molecule has 25 heavy (non-hydrogen) atoms. The number of esters is 2. The third-order valence-corrected chi connectivity index (χ3v) is 4.51. The Hall–Kier alpha value is -2.88. The summed E-state index contributed by atoms with van der Waals surface area (Å²) in [5, 5.41) is 0. The van der Waals surface area contributed by atoms with E-state index in [1.54, 1.807) is 0 Å². The fourth-order valence-corrected chi connectivity index (χ4v) is 3.26. The van der Waals surface area contributed by atoms with Crippen LogP contribution in [0.25, 0.3) is 11.1 Å². The van der Waals surface area contributed by atoms with E-state index in [0.29, 0.717) is 5.57 Å². The first-order chi connectivity index (χ1) is 12.0. The van der Waals surface area contributed by atoms with E-state index in [2.05, 4.69) is 35.7 Å². The van der Waals surface area contributed by atoms with E-state index in [0.717, 1.165) is 23.4 Å². The minimum absolute atomic E-state index is 0.0621. The van der Waals surface area contributed by atoms with Crippen LogP contribution in [0.5, 0.6) is 0 Å². The fraction of sp³-hybridized carbons (Fsp3) is 0.238. The van der Waals surface area contributed by atoms with Crippen LogP contribution in [0.4, 0.5) is 0 Å². The first-order valence-electron chi connectivity index (χ1n) is 8.32. The number of nitrogens with one attached hydrogen (secondary N) is 1. The summed E-state index contributed by atoms with van der Waals surface area (Å²) in [5.74, 6) is -0.998. The molecule has 1 fully saturated rings. The quantitative estimate of drug-likeness (QED) is 0.518. The predicted molar refractivity (Wildman–Crippen MR) is 97.0 cm³/mol. The minimum Gasteiger partial charge on any atom is -0.389 e. The fourth-order valence-electron chi connectivity index (χ4n) is 3.26. The van der Waals surface area contributed by atoms with Crippen molar-refractivity contribution in [1.29, 1.82) is 0 Å². The largest absolute Gasteiger partial charge is 0.389 e. The second-order valence-corrected chi connectivity index (χ2v) is 6.30. The second kappa shape index (κ2) is 6.93. The highest BCUT2D eigenvalue weighted by atomic mass is 16.6. The molecule has 3 rings (SSSR count). The van der Waals surface area contributed by atoms with Gasteiger partial charge in [-0.15, -0.1) is 0 Å². The average Bonchev–Trinajstić information content (AvgIpc) is 3.06. The molecular weight excluding hydrogens is 314 g/mol. The molecule has 0 atom stereocenters. The molecule has 0 unspecified atom stereocenters.